The van der Waals surface area contributed by atoms with Crippen LogP contribution in [0.4, 0.5) is 17.2 Å². The van der Waals surface area contributed by atoms with Crippen molar-refractivity contribution >= 4 is 23.1 Å². The van der Waals surface area contributed by atoms with Crippen LogP contribution >= 0.6 is 0 Å². The minimum absolute atomic E-state index is 0.249. The maximum atomic E-state index is 12.6. The SMILES string of the molecule is COc1ccccc1NC(=O)c1ccnc(Nc2cc(C)ccc2OC)c1. The number of carbonyl (C=O) groups is 1. The van der Waals surface area contributed by atoms with E-state index in [0.29, 0.717) is 28.6 Å². The molecular weight excluding hydrogens is 342 g/mol. The predicted molar refractivity (Wildman–Crippen MR) is 106 cm³/mol. The van der Waals surface area contributed by atoms with Gasteiger partial charge in [0.1, 0.15) is 17.3 Å². The molecule has 1 heterocycles. The van der Waals surface area contributed by atoms with Crippen molar-refractivity contribution < 1.29 is 14.3 Å². The van der Waals surface area contributed by atoms with Gasteiger partial charge < -0.3 is 20.1 Å². The molecule has 138 valence electrons. The van der Waals surface area contributed by atoms with Crippen molar-refractivity contribution in [3.8, 4) is 11.5 Å². The first kappa shape index (κ1) is 18.3. The highest BCUT2D eigenvalue weighted by atomic mass is 16.5. The summed E-state index contributed by atoms with van der Waals surface area (Å²) in [5.41, 5.74) is 2.96. The third-order valence-corrected chi connectivity index (χ3v) is 4.00. The summed E-state index contributed by atoms with van der Waals surface area (Å²) in [5.74, 6) is 1.60. The van der Waals surface area contributed by atoms with Crippen LogP contribution in [0.5, 0.6) is 11.5 Å². The molecule has 0 aliphatic carbocycles. The van der Waals surface area contributed by atoms with Gasteiger partial charge in [0.05, 0.1) is 25.6 Å². The lowest BCUT2D eigenvalue weighted by atomic mass is 10.2. The van der Waals surface area contributed by atoms with E-state index in [0.717, 1.165) is 11.3 Å². The molecule has 2 aromatic carbocycles. The molecule has 3 rings (SSSR count). The second kappa shape index (κ2) is 8.23. The Balaban J connectivity index is 1.81. The molecular formula is C21H21N3O3. The average Bonchev–Trinajstić information content (AvgIpc) is 2.69. The van der Waals surface area contributed by atoms with Gasteiger partial charge in [0.25, 0.3) is 5.91 Å². The van der Waals surface area contributed by atoms with E-state index in [1.807, 2.05) is 37.3 Å². The summed E-state index contributed by atoms with van der Waals surface area (Å²) >= 11 is 0. The van der Waals surface area contributed by atoms with Crippen LogP contribution in [0.3, 0.4) is 0 Å². The molecule has 0 radical (unpaired) electrons. The van der Waals surface area contributed by atoms with Gasteiger partial charge in [-0.2, -0.15) is 0 Å². The number of nitrogens with one attached hydrogen (secondary N) is 2. The second-order valence-corrected chi connectivity index (χ2v) is 5.91. The van der Waals surface area contributed by atoms with Crippen LogP contribution in [0.15, 0.2) is 60.8 Å². The zero-order valence-corrected chi connectivity index (χ0v) is 15.4. The Morgan fingerprint density at radius 1 is 0.926 bits per heavy atom. The van der Waals surface area contributed by atoms with Crippen molar-refractivity contribution in [3.63, 3.8) is 0 Å². The highest BCUT2D eigenvalue weighted by molar-refractivity contribution is 6.05. The molecule has 0 spiro atoms. The first-order valence-corrected chi connectivity index (χ1v) is 8.43. The number of aryl methyl sites for hydroxylation is 1. The van der Waals surface area contributed by atoms with E-state index < -0.39 is 0 Å². The minimum Gasteiger partial charge on any atom is -0.495 e. The number of pyridine rings is 1. The van der Waals surface area contributed by atoms with Crippen molar-refractivity contribution in [2.75, 3.05) is 24.9 Å². The van der Waals surface area contributed by atoms with Gasteiger partial charge in [-0.15, -0.1) is 0 Å². The topological polar surface area (TPSA) is 72.5 Å². The number of rotatable bonds is 6. The first-order chi connectivity index (χ1) is 13.1. The van der Waals surface area contributed by atoms with Crippen LogP contribution < -0.4 is 20.1 Å². The fraction of sp³-hybridized carbons (Fsp3) is 0.143. The number of amides is 1. The van der Waals surface area contributed by atoms with Crippen molar-refractivity contribution in [3.05, 3.63) is 71.9 Å². The number of carbonyl (C=O) groups excluding carboxylic acids is 1. The van der Waals surface area contributed by atoms with Crippen molar-refractivity contribution in [2.45, 2.75) is 6.92 Å². The lowest BCUT2D eigenvalue weighted by molar-refractivity contribution is 0.102. The van der Waals surface area contributed by atoms with Crippen LogP contribution in [0, 0.1) is 6.92 Å². The lowest BCUT2D eigenvalue weighted by Gasteiger charge is -2.13. The predicted octanol–water partition coefficient (Wildman–Crippen LogP) is 4.40. The van der Waals surface area contributed by atoms with E-state index in [1.165, 1.54) is 0 Å². The standard InChI is InChI=1S/C21H21N3O3/c1-14-8-9-19(27-3)17(12-14)23-20-13-15(10-11-22-20)21(25)24-16-6-4-5-7-18(16)26-2/h4-13H,1-3H3,(H,22,23)(H,24,25). The summed E-state index contributed by atoms with van der Waals surface area (Å²) in [6.07, 6.45) is 1.59. The van der Waals surface area contributed by atoms with Crippen LogP contribution in [0.2, 0.25) is 0 Å². The lowest BCUT2D eigenvalue weighted by Crippen LogP contribution is -2.13. The van der Waals surface area contributed by atoms with E-state index in [2.05, 4.69) is 15.6 Å². The number of hydrogen-bond donors (Lipinski definition) is 2. The Bertz CT molecular complexity index is 957. The zero-order valence-electron chi connectivity index (χ0n) is 15.4. The molecule has 3 aromatic rings. The highest BCUT2D eigenvalue weighted by Gasteiger charge is 2.11. The zero-order chi connectivity index (χ0) is 19.2. The molecule has 0 bridgehead atoms. The number of ether oxygens (including phenoxy) is 2. The molecule has 0 atom stereocenters. The summed E-state index contributed by atoms with van der Waals surface area (Å²) in [4.78, 5) is 16.9. The summed E-state index contributed by atoms with van der Waals surface area (Å²) in [6.45, 7) is 2.00. The largest absolute Gasteiger partial charge is 0.495 e. The molecule has 0 saturated carbocycles. The summed E-state index contributed by atoms with van der Waals surface area (Å²) in [7, 11) is 3.18. The monoisotopic (exact) mass is 363 g/mol. The second-order valence-electron chi connectivity index (χ2n) is 5.91. The van der Waals surface area contributed by atoms with E-state index in [-0.39, 0.29) is 5.91 Å². The average molecular weight is 363 g/mol. The van der Waals surface area contributed by atoms with Gasteiger partial charge in [-0.25, -0.2) is 4.98 Å². The van der Waals surface area contributed by atoms with E-state index >= 15 is 0 Å². The normalized spacial score (nSPS) is 10.2. The molecule has 0 unspecified atom stereocenters. The van der Waals surface area contributed by atoms with Crippen LogP contribution in [-0.4, -0.2) is 25.1 Å². The Labute approximate surface area is 158 Å². The molecule has 0 saturated heterocycles. The van der Waals surface area contributed by atoms with Gasteiger partial charge in [-0.3, -0.25) is 4.79 Å². The molecule has 0 aliphatic rings. The van der Waals surface area contributed by atoms with E-state index in [1.54, 1.807) is 44.7 Å². The molecule has 6 heteroatoms. The van der Waals surface area contributed by atoms with Gasteiger partial charge in [0.2, 0.25) is 0 Å². The highest BCUT2D eigenvalue weighted by Crippen LogP contribution is 2.28. The van der Waals surface area contributed by atoms with Gasteiger partial charge in [-0.1, -0.05) is 18.2 Å². The molecule has 0 aliphatic heterocycles. The molecule has 2 N–H and O–H groups in total. The number of anilines is 3. The Morgan fingerprint density at radius 3 is 2.44 bits per heavy atom. The van der Waals surface area contributed by atoms with Crippen LogP contribution in [0.25, 0.3) is 0 Å². The van der Waals surface area contributed by atoms with Crippen molar-refractivity contribution in [2.24, 2.45) is 0 Å². The molecule has 1 aromatic heterocycles. The molecule has 0 fully saturated rings. The number of aromatic nitrogens is 1. The number of methoxy groups -OCH3 is 2. The number of nitrogens with zero attached hydrogens (tertiary/aromatic N) is 1. The third kappa shape index (κ3) is 4.36. The van der Waals surface area contributed by atoms with Gasteiger partial charge in [-0.05, 0) is 48.9 Å². The Morgan fingerprint density at radius 2 is 1.67 bits per heavy atom. The number of para-hydroxylation sites is 2. The van der Waals surface area contributed by atoms with Crippen molar-refractivity contribution in [1.82, 2.24) is 4.98 Å². The van der Waals surface area contributed by atoms with E-state index in [9.17, 15) is 4.79 Å². The van der Waals surface area contributed by atoms with Crippen molar-refractivity contribution in [1.29, 1.82) is 0 Å². The summed E-state index contributed by atoms with van der Waals surface area (Å²) in [6, 6.07) is 16.4. The molecule has 27 heavy (non-hydrogen) atoms. The molecule has 1 amide bonds. The Hall–Kier alpha value is -3.54. The summed E-state index contributed by atoms with van der Waals surface area (Å²) < 4.78 is 10.6. The molecule has 6 nitrogen and oxygen atoms in total. The smallest absolute Gasteiger partial charge is 0.255 e. The van der Waals surface area contributed by atoms with Gasteiger partial charge >= 0.3 is 0 Å². The quantitative estimate of drug-likeness (QED) is 0.679. The van der Waals surface area contributed by atoms with E-state index in [4.69, 9.17) is 9.47 Å². The van der Waals surface area contributed by atoms with Crippen LogP contribution in [-0.2, 0) is 0 Å². The fourth-order valence-electron chi connectivity index (χ4n) is 2.64. The third-order valence-electron chi connectivity index (χ3n) is 4.00. The van der Waals surface area contributed by atoms with Gasteiger partial charge in [0.15, 0.2) is 0 Å². The summed E-state index contributed by atoms with van der Waals surface area (Å²) in [5, 5.41) is 6.06. The Kier molecular flexibility index (Phi) is 5.56. The maximum Gasteiger partial charge on any atom is 0.255 e. The van der Waals surface area contributed by atoms with Crippen LogP contribution in [0.1, 0.15) is 15.9 Å². The first-order valence-electron chi connectivity index (χ1n) is 8.43. The maximum absolute atomic E-state index is 12.6. The minimum atomic E-state index is -0.249. The number of benzene rings is 2. The fourth-order valence-corrected chi connectivity index (χ4v) is 2.64. The van der Waals surface area contributed by atoms with Gasteiger partial charge in [0, 0.05) is 11.8 Å². The number of hydrogen-bond acceptors (Lipinski definition) is 5.